The Morgan fingerprint density at radius 3 is 2.55 bits per heavy atom. The van der Waals surface area contributed by atoms with E-state index >= 15 is 0 Å². The minimum atomic E-state index is -0.157. The molecule has 2 aromatic rings. The summed E-state index contributed by atoms with van der Waals surface area (Å²) in [5.74, 6) is 0.634. The number of carbonyl (C=O) groups is 1. The first-order valence-electron chi connectivity index (χ1n) is 6.61. The highest BCUT2D eigenvalue weighted by Crippen LogP contribution is 2.31. The summed E-state index contributed by atoms with van der Waals surface area (Å²) in [6.45, 7) is 0. The van der Waals surface area contributed by atoms with Gasteiger partial charge in [-0.2, -0.15) is 0 Å². The van der Waals surface area contributed by atoms with Crippen LogP contribution in [0.4, 0.5) is 22.0 Å². The highest BCUT2D eigenvalue weighted by Gasteiger charge is 2.34. The first kappa shape index (κ1) is 12.5. The number of nitrogen functional groups attached to an aromatic ring is 1. The highest BCUT2D eigenvalue weighted by atomic mass is 16.2. The third-order valence-corrected chi connectivity index (χ3v) is 3.17. The van der Waals surface area contributed by atoms with E-state index < -0.39 is 0 Å². The fourth-order valence-corrected chi connectivity index (χ4v) is 2.03. The molecule has 1 aromatic carbocycles. The van der Waals surface area contributed by atoms with Gasteiger partial charge in [-0.25, -0.2) is 9.78 Å². The summed E-state index contributed by atoms with van der Waals surface area (Å²) in [4.78, 5) is 18.4. The van der Waals surface area contributed by atoms with Gasteiger partial charge < -0.3 is 11.1 Å². The van der Waals surface area contributed by atoms with E-state index in [0.29, 0.717) is 11.5 Å². The van der Waals surface area contributed by atoms with Gasteiger partial charge in [-0.3, -0.25) is 4.90 Å². The number of pyridine rings is 1. The lowest BCUT2D eigenvalue weighted by molar-refractivity contribution is 0.256. The molecule has 0 bridgehead atoms. The van der Waals surface area contributed by atoms with Crippen LogP contribution >= 0.6 is 0 Å². The second-order valence-corrected chi connectivity index (χ2v) is 4.85. The van der Waals surface area contributed by atoms with Crippen LogP contribution in [0.2, 0.25) is 0 Å². The molecule has 0 radical (unpaired) electrons. The molecule has 1 aromatic heterocycles. The maximum absolute atomic E-state index is 12.4. The van der Waals surface area contributed by atoms with Crippen molar-refractivity contribution in [3.63, 3.8) is 0 Å². The first-order valence-corrected chi connectivity index (χ1v) is 6.61. The molecule has 0 spiro atoms. The minimum Gasteiger partial charge on any atom is -0.397 e. The van der Waals surface area contributed by atoms with Crippen LogP contribution in [0, 0.1) is 0 Å². The largest absolute Gasteiger partial charge is 0.397 e. The average molecular weight is 268 g/mol. The van der Waals surface area contributed by atoms with Crippen molar-refractivity contribution in [3.05, 3.63) is 48.7 Å². The summed E-state index contributed by atoms with van der Waals surface area (Å²) >= 11 is 0. The zero-order valence-electron chi connectivity index (χ0n) is 11.0. The van der Waals surface area contributed by atoms with Crippen molar-refractivity contribution in [2.75, 3.05) is 16.0 Å². The number of rotatable bonds is 3. The molecule has 1 heterocycles. The summed E-state index contributed by atoms with van der Waals surface area (Å²) in [6, 6.07) is 13.0. The molecule has 2 amide bonds. The molecule has 1 saturated carbocycles. The van der Waals surface area contributed by atoms with E-state index in [1.165, 1.54) is 0 Å². The predicted molar refractivity (Wildman–Crippen MR) is 79.6 cm³/mol. The first-order chi connectivity index (χ1) is 9.74. The van der Waals surface area contributed by atoms with Gasteiger partial charge in [-0.1, -0.05) is 18.2 Å². The quantitative estimate of drug-likeness (QED) is 0.899. The van der Waals surface area contributed by atoms with E-state index in [4.69, 9.17) is 5.73 Å². The van der Waals surface area contributed by atoms with Crippen molar-refractivity contribution < 1.29 is 4.79 Å². The number of hydrogen-bond acceptors (Lipinski definition) is 3. The van der Waals surface area contributed by atoms with Crippen LogP contribution < -0.4 is 16.0 Å². The Balaban J connectivity index is 1.80. The Bertz CT molecular complexity index is 593. The number of aromatic nitrogens is 1. The van der Waals surface area contributed by atoms with Crippen molar-refractivity contribution in [2.45, 2.75) is 18.9 Å². The molecule has 20 heavy (non-hydrogen) atoms. The lowest BCUT2D eigenvalue weighted by Crippen LogP contribution is -2.37. The van der Waals surface area contributed by atoms with Gasteiger partial charge in [0.25, 0.3) is 0 Å². The molecule has 0 atom stereocenters. The highest BCUT2D eigenvalue weighted by molar-refractivity contribution is 6.01. The van der Waals surface area contributed by atoms with Crippen molar-refractivity contribution >= 4 is 23.2 Å². The van der Waals surface area contributed by atoms with Gasteiger partial charge in [0.15, 0.2) is 0 Å². The van der Waals surface area contributed by atoms with Crippen LogP contribution in [0.1, 0.15) is 12.8 Å². The molecule has 0 unspecified atom stereocenters. The Labute approximate surface area is 117 Å². The Hall–Kier alpha value is -2.56. The van der Waals surface area contributed by atoms with E-state index in [-0.39, 0.29) is 12.1 Å². The lowest BCUT2D eigenvalue weighted by atomic mass is 10.3. The van der Waals surface area contributed by atoms with Crippen molar-refractivity contribution in [1.82, 2.24) is 4.98 Å². The van der Waals surface area contributed by atoms with E-state index in [0.717, 1.165) is 18.5 Å². The Morgan fingerprint density at radius 2 is 1.95 bits per heavy atom. The SMILES string of the molecule is Nc1ccc(N(C(=O)Nc2ccccc2)C2CC2)nc1. The van der Waals surface area contributed by atoms with Gasteiger partial charge in [0.2, 0.25) is 0 Å². The van der Waals surface area contributed by atoms with Crippen molar-refractivity contribution in [1.29, 1.82) is 0 Å². The van der Waals surface area contributed by atoms with E-state index in [1.54, 1.807) is 23.2 Å². The number of carbonyl (C=O) groups excluding carboxylic acids is 1. The van der Waals surface area contributed by atoms with Crippen molar-refractivity contribution in [3.8, 4) is 0 Å². The molecule has 1 aliphatic carbocycles. The molecule has 102 valence electrons. The number of nitrogens with one attached hydrogen (secondary N) is 1. The van der Waals surface area contributed by atoms with Crippen LogP contribution in [0.15, 0.2) is 48.7 Å². The summed E-state index contributed by atoms with van der Waals surface area (Å²) in [5.41, 5.74) is 7.00. The van der Waals surface area contributed by atoms with Crippen LogP contribution in [0.5, 0.6) is 0 Å². The fourth-order valence-electron chi connectivity index (χ4n) is 2.03. The van der Waals surface area contributed by atoms with Gasteiger partial charge in [0, 0.05) is 11.7 Å². The number of anilines is 3. The van der Waals surface area contributed by atoms with Gasteiger partial charge >= 0.3 is 6.03 Å². The molecule has 1 aliphatic rings. The van der Waals surface area contributed by atoms with Crippen LogP contribution in [-0.2, 0) is 0 Å². The van der Waals surface area contributed by atoms with E-state index in [9.17, 15) is 4.79 Å². The van der Waals surface area contributed by atoms with E-state index in [1.807, 2.05) is 30.3 Å². The van der Waals surface area contributed by atoms with Crippen molar-refractivity contribution in [2.24, 2.45) is 0 Å². The van der Waals surface area contributed by atoms with Gasteiger partial charge in [0.1, 0.15) is 5.82 Å². The third kappa shape index (κ3) is 2.71. The van der Waals surface area contributed by atoms with Gasteiger partial charge in [0.05, 0.1) is 11.9 Å². The zero-order valence-corrected chi connectivity index (χ0v) is 11.0. The molecule has 3 N–H and O–H groups in total. The topological polar surface area (TPSA) is 71.2 Å². The molecule has 5 nitrogen and oxygen atoms in total. The number of benzene rings is 1. The summed E-state index contributed by atoms with van der Waals surface area (Å²) in [5, 5.41) is 2.89. The minimum absolute atomic E-state index is 0.157. The second kappa shape index (κ2) is 5.21. The molecular formula is C15H16N4O. The fraction of sp³-hybridized carbons (Fsp3) is 0.200. The Morgan fingerprint density at radius 1 is 1.20 bits per heavy atom. The summed E-state index contributed by atoms with van der Waals surface area (Å²) in [7, 11) is 0. The lowest BCUT2D eigenvalue weighted by Gasteiger charge is -2.21. The number of hydrogen-bond donors (Lipinski definition) is 2. The molecule has 0 aliphatic heterocycles. The summed E-state index contributed by atoms with van der Waals surface area (Å²) in [6.07, 6.45) is 3.59. The maximum atomic E-state index is 12.4. The van der Waals surface area contributed by atoms with Gasteiger partial charge in [-0.05, 0) is 37.1 Å². The number of nitrogens with zero attached hydrogens (tertiary/aromatic N) is 2. The smallest absolute Gasteiger partial charge is 0.327 e. The summed E-state index contributed by atoms with van der Waals surface area (Å²) < 4.78 is 0. The normalized spacial score (nSPS) is 13.8. The molecule has 0 saturated heterocycles. The van der Waals surface area contributed by atoms with Crippen LogP contribution in [0.3, 0.4) is 0 Å². The molecule has 3 rings (SSSR count). The van der Waals surface area contributed by atoms with Gasteiger partial charge in [-0.15, -0.1) is 0 Å². The standard InChI is InChI=1S/C15H16N4O/c16-11-6-9-14(17-10-11)19(13-7-8-13)15(20)18-12-4-2-1-3-5-12/h1-6,9-10,13H,7-8,16H2,(H,18,20). The average Bonchev–Trinajstić information content (AvgIpc) is 3.27. The predicted octanol–water partition coefficient (Wildman–Crippen LogP) is 2.86. The van der Waals surface area contributed by atoms with E-state index in [2.05, 4.69) is 10.3 Å². The van der Waals surface area contributed by atoms with Crippen LogP contribution in [-0.4, -0.2) is 17.1 Å². The number of urea groups is 1. The molecular weight excluding hydrogens is 252 g/mol. The van der Waals surface area contributed by atoms with Crippen LogP contribution in [0.25, 0.3) is 0 Å². The number of para-hydroxylation sites is 1. The zero-order chi connectivity index (χ0) is 13.9. The number of amides is 2. The molecule has 5 heteroatoms. The third-order valence-electron chi connectivity index (χ3n) is 3.17. The number of nitrogens with two attached hydrogens (primary N) is 1. The second-order valence-electron chi connectivity index (χ2n) is 4.85. The monoisotopic (exact) mass is 268 g/mol. The Kier molecular flexibility index (Phi) is 3.25. The molecule has 1 fully saturated rings. The maximum Gasteiger partial charge on any atom is 0.327 e.